The van der Waals surface area contributed by atoms with Gasteiger partial charge in [0, 0.05) is 24.8 Å². The summed E-state index contributed by atoms with van der Waals surface area (Å²) in [7, 11) is 2.02. The van der Waals surface area contributed by atoms with Crippen LogP contribution in [0.5, 0.6) is 0 Å². The van der Waals surface area contributed by atoms with Crippen LogP contribution in [-0.4, -0.2) is 12.9 Å². The lowest BCUT2D eigenvalue weighted by atomic mass is 10.1. The summed E-state index contributed by atoms with van der Waals surface area (Å²) >= 11 is 0. The van der Waals surface area contributed by atoms with Crippen LogP contribution in [0.1, 0.15) is 22.3 Å². The number of nitrogens with one attached hydrogen (secondary N) is 1. The number of para-hydroxylation sites is 1. The topological polar surface area (TPSA) is 53.1 Å². The average Bonchev–Trinajstić information content (AvgIpc) is 2.43. The van der Waals surface area contributed by atoms with Gasteiger partial charge in [-0.2, -0.15) is 0 Å². The zero-order valence-electron chi connectivity index (χ0n) is 12.3. The van der Waals surface area contributed by atoms with E-state index in [1.54, 1.807) is 0 Å². The lowest BCUT2D eigenvalue weighted by Crippen LogP contribution is -2.22. The third-order valence-electron chi connectivity index (χ3n) is 3.60. The largest absolute Gasteiger partial charge is 0.384 e. The van der Waals surface area contributed by atoms with Gasteiger partial charge in [-0.15, -0.1) is 0 Å². The number of rotatable bonds is 4. The number of hydrogen-bond donors (Lipinski definition) is 2. The molecule has 3 heteroatoms. The van der Waals surface area contributed by atoms with Crippen LogP contribution in [0.15, 0.2) is 42.5 Å². The van der Waals surface area contributed by atoms with Crippen molar-refractivity contribution in [2.45, 2.75) is 20.4 Å². The summed E-state index contributed by atoms with van der Waals surface area (Å²) in [6, 6.07) is 14.3. The first-order valence-electron chi connectivity index (χ1n) is 6.69. The molecular weight excluding hydrogens is 246 g/mol. The van der Waals surface area contributed by atoms with Gasteiger partial charge in [0.15, 0.2) is 0 Å². The fourth-order valence-electron chi connectivity index (χ4n) is 2.30. The van der Waals surface area contributed by atoms with Crippen LogP contribution < -0.4 is 10.6 Å². The molecular formula is C17H21N3. The molecule has 0 atom stereocenters. The van der Waals surface area contributed by atoms with E-state index in [0.717, 1.165) is 17.8 Å². The third kappa shape index (κ3) is 2.99. The summed E-state index contributed by atoms with van der Waals surface area (Å²) in [6.45, 7) is 5.04. The quantitative estimate of drug-likeness (QED) is 0.660. The first-order valence-corrected chi connectivity index (χ1v) is 6.69. The standard InChI is InChI=1S/C17H21N3/c1-12-8-9-14(10-13(12)2)11-20(3)16-7-5-4-6-15(16)17(18)19/h4-10H,11H2,1-3H3,(H3,18,19). The zero-order valence-corrected chi connectivity index (χ0v) is 12.3. The Balaban J connectivity index is 2.26. The minimum atomic E-state index is 0.104. The van der Waals surface area contributed by atoms with Gasteiger partial charge < -0.3 is 10.6 Å². The SMILES string of the molecule is Cc1ccc(CN(C)c2ccccc2C(=N)N)cc1C. The Kier molecular flexibility index (Phi) is 4.08. The molecule has 0 bridgehead atoms. The Morgan fingerprint density at radius 3 is 2.45 bits per heavy atom. The molecule has 0 radical (unpaired) electrons. The Hall–Kier alpha value is -2.29. The van der Waals surface area contributed by atoms with Gasteiger partial charge in [0.05, 0.1) is 0 Å². The van der Waals surface area contributed by atoms with Crippen molar-refractivity contribution < 1.29 is 0 Å². The molecule has 2 aromatic rings. The molecule has 0 aliphatic carbocycles. The molecule has 0 heterocycles. The molecule has 20 heavy (non-hydrogen) atoms. The second-order valence-electron chi connectivity index (χ2n) is 5.21. The number of nitrogens with two attached hydrogens (primary N) is 1. The molecule has 0 spiro atoms. The second-order valence-corrected chi connectivity index (χ2v) is 5.21. The molecule has 0 saturated heterocycles. The monoisotopic (exact) mass is 267 g/mol. The number of nitrogen functional groups attached to an aromatic ring is 1. The molecule has 2 rings (SSSR count). The van der Waals surface area contributed by atoms with Crippen molar-refractivity contribution >= 4 is 11.5 Å². The summed E-state index contributed by atoms with van der Waals surface area (Å²) in [5.41, 5.74) is 11.3. The van der Waals surface area contributed by atoms with Crippen molar-refractivity contribution in [3.05, 3.63) is 64.7 Å². The maximum absolute atomic E-state index is 7.66. The van der Waals surface area contributed by atoms with Crippen molar-refractivity contribution in [2.24, 2.45) is 5.73 Å². The van der Waals surface area contributed by atoms with Crippen LogP contribution in [0.4, 0.5) is 5.69 Å². The van der Waals surface area contributed by atoms with Gasteiger partial charge >= 0.3 is 0 Å². The van der Waals surface area contributed by atoms with E-state index in [2.05, 4.69) is 36.9 Å². The molecule has 0 aliphatic heterocycles. The fourth-order valence-corrected chi connectivity index (χ4v) is 2.30. The van der Waals surface area contributed by atoms with Crippen LogP contribution in [0.3, 0.4) is 0 Å². The molecule has 0 aromatic heterocycles. The normalized spacial score (nSPS) is 10.3. The van der Waals surface area contributed by atoms with E-state index in [-0.39, 0.29) is 5.84 Å². The van der Waals surface area contributed by atoms with Gasteiger partial charge in [0.25, 0.3) is 0 Å². The Morgan fingerprint density at radius 2 is 1.80 bits per heavy atom. The van der Waals surface area contributed by atoms with Gasteiger partial charge in [-0.1, -0.05) is 30.3 Å². The van der Waals surface area contributed by atoms with Crippen LogP contribution in [-0.2, 0) is 6.54 Å². The average molecular weight is 267 g/mol. The summed E-state index contributed by atoms with van der Waals surface area (Å²) in [5.74, 6) is 0.104. The number of hydrogen-bond acceptors (Lipinski definition) is 2. The first-order chi connectivity index (χ1) is 9.49. The highest BCUT2D eigenvalue weighted by molar-refractivity contribution is 6.00. The molecule has 2 aromatic carbocycles. The minimum Gasteiger partial charge on any atom is -0.384 e. The Labute approximate surface area is 120 Å². The van der Waals surface area contributed by atoms with Gasteiger partial charge in [-0.3, -0.25) is 5.41 Å². The Morgan fingerprint density at radius 1 is 1.10 bits per heavy atom. The molecule has 0 unspecified atom stereocenters. The number of amidine groups is 1. The molecule has 104 valence electrons. The maximum atomic E-state index is 7.66. The van der Waals surface area contributed by atoms with Crippen LogP contribution in [0, 0.1) is 19.3 Å². The number of aryl methyl sites for hydroxylation is 2. The van der Waals surface area contributed by atoms with E-state index >= 15 is 0 Å². The summed E-state index contributed by atoms with van der Waals surface area (Å²) < 4.78 is 0. The lowest BCUT2D eigenvalue weighted by molar-refractivity contribution is 0.918. The number of nitrogens with zero attached hydrogens (tertiary/aromatic N) is 1. The molecule has 3 nitrogen and oxygen atoms in total. The molecule has 0 fully saturated rings. The van der Waals surface area contributed by atoms with Crippen LogP contribution >= 0.6 is 0 Å². The van der Waals surface area contributed by atoms with Crippen molar-refractivity contribution in [2.75, 3.05) is 11.9 Å². The highest BCUT2D eigenvalue weighted by atomic mass is 15.1. The Bertz CT molecular complexity index is 632. The van der Waals surface area contributed by atoms with E-state index in [0.29, 0.717) is 0 Å². The van der Waals surface area contributed by atoms with Crippen molar-refractivity contribution in [1.82, 2.24) is 0 Å². The highest BCUT2D eigenvalue weighted by Gasteiger charge is 2.09. The minimum absolute atomic E-state index is 0.104. The number of benzene rings is 2. The summed E-state index contributed by atoms with van der Waals surface area (Å²) in [6.07, 6.45) is 0. The smallest absolute Gasteiger partial charge is 0.124 e. The van der Waals surface area contributed by atoms with E-state index < -0.39 is 0 Å². The molecule has 0 amide bonds. The van der Waals surface area contributed by atoms with Crippen molar-refractivity contribution in [3.63, 3.8) is 0 Å². The number of anilines is 1. The van der Waals surface area contributed by atoms with E-state index in [1.807, 2.05) is 31.3 Å². The van der Waals surface area contributed by atoms with Crippen LogP contribution in [0.2, 0.25) is 0 Å². The fraction of sp³-hybridized carbons (Fsp3) is 0.235. The zero-order chi connectivity index (χ0) is 14.7. The van der Waals surface area contributed by atoms with Gasteiger partial charge in [0.2, 0.25) is 0 Å². The van der Waals surface area contributed by atoms with E-state index in [9.17, 15) is 0 Å². The van der Waals surface area contributed by atoms with Gasteiger partial charge in [0.1, 0.15) is 5.84 Å². The third-order valence-corrected chi connectivity index (χ3v) is 3.60. The highest BCUT2D eigenvalue weighted by Crippen LogP contribution is 2.21. The van der Waals surface area contributed by atoms with Crippen LogP contribution in [0.25, 0.3) is 0 Å². The van der Waals surface area contributed by atoms with E-state index in [4.69, 9.17) is 11.1 Å². The lowest BCUT2D eigenvalue weighted by Gasteiger charge is -2.22. The molecule has 0 aliphatic rings. The first kappa shape index (κ1) is 14.1. The van der Waals surface area contributed by atoms with E-state index in [1.165, 1.54) is 16.7 Å². The van der Waals surface area contributed by atoms with Gasteiger partial charge in [-0.05, 0) is 42.7 Å². The predicted molar refractivity (Wildman–Crippen MR) is 85.5 cm³/mol. The summed E-state index contributed by atoms with van der Waals surface area (Å²) in [4.78, 5) is 2.13. The van der Waals surface area contributed by atoms with Crippen molar-refractivity contribution in [3.8, 4) is 0 Å². The molecule has 0 saturated carbocycles. The summed E-state index contributed by atoms with van der Waals surface area (Å²) in [5, 5.41) is 7.66. The maximum Gasteiger partial charge on any atom is 0.124 e. The predicted octanol–water partition coefficient (Wildman–Crippen LogP) is 3.22. The molecule has 3 N–H and O–H groups in total. The van der Waals surface area contributed by atoms with Crippen molar-refractivity contribution in [1.29, 1.82) is 5.41 Å². The van der Waals surface area contributed by atoms with Gasteiger partial charge in [-0.25, -0.2) is 0 Å². The second kappa shape index (κ2) is 5.78.